The molecular formula is C31H28FN5O5S. The molecule has 220 valence electrons. The van der Waals surface area contributed by atoms with E-state index in [9.17, 15) is 22.9 Å². The van der Waals surface area contributed by atoms with Gasteiger partial charge in [-0.05, 0) is 60.9 Å². The van der Waals surface area contributed by atoms with Gasteiger partial charge in [0.15, 0.2) is 5.58 Å². The fourth-order valence-electron chi connectivity index (χ4n) is 5.65. The van der Waals surface area contributed by atoms with Gasteiger partial charge in [0.1, 0.15) is 28.7 Å². The molecule has 3 aromatic carbocycles. The van der Waals surface area contributed by atoms with Gasteiger partial charge >= 0.3 is 0 Å². The predicted octanol–water partition coefficient (Wildman–Crippen LogP) is 5.39. The average molecular weight is 602 g/mol. The summed E-state index contributed by atoms with van der Waals surface area (Å²) in [5, 5.41) is 12.7. The van der Waals surface area contributed by atoms with E-state index in [2.05, 4.69) is 16.4 Å². The first-order valence-electron chi connectivity index (χ1n) is 13.7. The summed E-state index contributed by atoms with van der Waals surface area (Å²) in [5.41, 5.74) is 3.66. The number of nitrogens with one attached hydrogen (secondary N) is 1. The monoisotopic (exact) mass is 601 g/mol. The Kier molecular flexibility index (Phi) is 7.06. The van der Waals surface area contributed by atoms with Gasteiger partial charge in [-0.2, -0.15) is 10.2 Å². The van der Waals surface area contributed by atoms with Crippen LogP contribution < -0.4 is 14.5 Å². The Morgan fingerprint density at radius 3 is 2.63 bits per heavy atom. The SMILES string of the molecule is CNC(=O)c1c(-c2ccc(F)cc2)oc2cc(N(C)S(C)(=O)=O)c([C@@H]3CCCN(c4nc5c(C#N)cccc5o4)C3)cc12. The minimum absolute atomic E-state index is 0.162. The van der Waals surface area contributed by atoms with Gasteiger partial charge < -0.3 is 19.1 Å². The summed E-state index contributed by atoms with van der Waals surface area (Å²) in [6.45, 7) is 1.12. The van der Waals surface area contributed by atoms with Crippen molar-refractivity contribution in [2.75, 3.05) is 42.6 Å². The average Bonchev–Trinajstić information content (AvgIpc) is 3.61. The third-order valence-corrected chi connectivity index (χ3v) is 9.09. The maximum absolute atomic E-state index is 13.7. The molecule has 10 nitrogen and oxygen atoms in total. The molecule has 1 N–H and O–H groups in total. The summed E-state index contributed by atoms with van der Waals surface area (Å²) in [6.07, 6.45) is 2.64. The van der Waals surface area contributed by atoms with Crippen molar-refractivity contribution in [2.24, 2.45) is 0 Å². The highest BCUT2D eigenvalue weighted by Crippen LogP contribution is 2.42. The highest BCUT2D eigenvalue weighted by Gasteiger charge is 2.31. The van der Waals surface area contributed by atoms with Crippen LogP contribution in [0.5, 0.6) is 0 Å². The molecule has 1 atom stereocenters. The van der Waals surface area contributed by atoms with Gasteiger partial charge in [0.05, 0.1) is 23.1 Å². The van der Waals surface area contributed by atoms with Crippen molar-refractivity contribution in [1.82, 2.24) is 10.3 Å². The van der Waals surface area contributed by atoms with Crippen LogP contribution in [0.25, 0.3) is 33.4 Å². The molecule has 0 bridgehead atoms. The van der Waals surface area contributed by atoms with Crippen molar-refractivity contribution in [3.8, 4) is 17.4 Å². The van der Waals surface area contributed by atoms with Crippen LogP contribution in [-0.4, -0.2) is 52.7 Å². The Bertz CT molecular complexity index is 2030. The number of aromatic nitrogens is 1. The molecule has 1 aliphatic heterocycles. The van der Waals surface area contributed by atoms with Gasteiger partial charge in [0.25, 0.3) is 11.9 Å². The number of piperidine rings is 1. The number of amides is 1. The molecule has 1 amide bonds. The summed E-state index contributed by atoms with van der Waals surface area (Å²) in [6, 6.07) is 16.8. The molecular weight excluding hydrogens is 573 g/mol. The van der Waals surface area contributed by atoms with Gasteiger partial charge in [-0.3, -0.25) is 9.10 Å². The molecule has 1 saturated heterocycles. The van der Waals surface area contributed by atoms with Gasteiger partial charge in [0, 0.05) is 50.1 Å². The Balaban J connectivity index is 1.50. The van der Waals surface area contributed by atoms with E-state index >= 15 is 0 Å². The number of furan rings is 1. The number of nitrogens with zero attached hydrogens (tertiary/aromatic N) is 4. The number of carbonyl (C=O) groups excluding carboxylic acids is 1. The number of nitriles is 1. The van der Waals surface area contributed by atoms with Crippen LogP contribution in [-0.2, 0) is 10.0 Å². The van der Waals surface area contributed by atoms with Crippen LogP contribution in [0.1, 0.15) is 40.2 Å². The number of benzene rings is 3. The van der Waals surface area contributed by atoms with Crippen molar-refractivity contribution in [3.63, 3.8) is 0 Å². The molecule has 1 aliphatic rings. The zero-order chi connectivity index (χ0) is 30.5. The molecule has 5 aromatic rings. The van der Waals surface area contributed by atoms with E-state index in [1.54, 1.807) is 24.3 Å². The Labute approximate surface area is 247 Å². The predicted molar refractivity (Wildman–Crippen MR) is 161 cm³/mol. The van der Waals surface area contributed by atoms with Gasteiger partial charge in [-0.1, -0.05) is 6.07 Å². The molecule has 1 fully saturated rings. The highest BCUT2D eigenvalue weighted by molar-refractivity contribution is 7.92. The van der Waals surface area contributed by atoms with Gasteiger partial charge in [-0.25, -0.2) is 12.8 Å². The second-order valence-electron chi connectivity index (χ2n) is 10.6. The minimum atomic E-state index is -3.66. The van der Waals surface area contributed by atoms with Crippen LogP contribution >= 0.6 is 0 Å². The summed E-state index contributed by atoms with van der Waals surface area (Å²) in [5.74, 6) is -0.724. The van der Waals surface area contributed by atoms with Crippen LogP contribution in [0.2, 0.25) is 0 Å². The Hall–Kier alpha value is -4.89. The van der Waals surface area contributed by atoms with Crippen molar-refractivity contribution < 1.29 is 26.4 Å². The zero-order valence-corrected chi connectivity index (χ0v) is 24.5. The molecule has 3 heterocycles. The normalized spacial score (nSPS) is 15.5. The third kappa shape index (κ3) is 5.06. The lowest BCUT2D eigenvalue weighted by Gasteiger charge is -2.34. The Morgan fingerprint density at radius 2 is 1.93 bits per heavy atom. The number of fused-ring (bicyclic) bond motifs is 2. The van der Waals surface area contributed by atoms with Crippen LogP contribution in [0.3, 0.4) is 0 Å². The lowest BCUT2D eigenvalue weighted by Crippen LogP contribution is -2.35. The van der Waals surface area contributed by atoms with E-state index < -0.39 is 21.7 Å². The third-order valence-electron chi connectivity index (χ3n) is 7.89. The van der Waals surface area contributed by atoms with Crippen molar-refractivity contribution >= 4 is 49.7 Å². The van der Waals surface area contributed by atoms with E-state index in [-0.39, 0.29) is 17.2 Å². The number of hydrogen-bond donors (Lipinski definition) is 1. The molecule has 0 spiro atoms. The maximum atomic E-state index is 13.7. The van der Waals surface area contributed by atoms with Crippen LogP contribution in [0, 0.1) is 17.1 Å². The number of hydrogen-bond acceptors (Lipinski definition) is 8. The number of carbonyl (C=O) groups is 1. The van der Waals surface area contributed by atoms with E-state index in [4.69, 9.17) is 8.83 Å². The second-order valence-corrected chi connectivity index (χ2v) is 12.6. The molecule has 0 unspecified atom stereocenters. The fourth-order valence-corrected chi connectivity index (χ4v) is 6.16. The topological polar surface area (TPSA) is 133 Å². The first-order valence-corrected chi connectivity index (χ1v) is 15.5. The number of sulfonamides is 1. The molecule has 43 heavy (non-hydrogen) atoms. The van der Waals surface area contributed by atoms with Crippen molar-refractivity contribution in [3.05, 3.63) is 77.1 Å². The standard InChI is InChI=1S/C31H28FN5O5S/c1-34-30(38)27-23-14-22(20-7-5-13-37(17-20)31-35-28-19(16-33)6-4-8-25(28)42-31)24(36(2)43(3,39)40)15-26(23)41-29(27)18-9-11-21(32)12-10-18/h4,6,8-12,14-15,20H,5,7,13,17H2,1-3H3,(H,34,38)/t20-/m1/s1. The molecule has 0 aliphatic carbocycles. The molecule has 0 saturated carbocycles. The van der Waals surface area contributed by atoms with Gasteiger partial charge in [0.2, 0.25) is 10.0 Å². The summed E-state index contributed by atoms with van der Waals surface area (Å²) < 4.78 is 52.6. The summed E-state index contributed by atoms with van der Waals surface area (Å²) in [7, 11) is -0.668. The first-order chi connectivity index (χ1) is 20.6. The summed E-state index contributed by atoms with van der Waals surface area (Å²) in [4.78, 5) is 19.8. The number of halogens is 1. The Morgan fingerprint density at radius 1 is 1.16 bits per heavy atom. The number of para-hydroxylation sites is 1. The van der Waals surface area contributed by atoms with Crippen molar-refractivity contribution in [2.45, 2.75) is 18.8 Å². The lowest BCUT2D eigenvalue weighted by atomic mass is 9.88. The number of rotatable bonds is 6. The maximum Gasteiger partial charge on any atom is 0.298 e. The zero-order valence-electron chi connectivity index (χ0n) is 23.7. The minimum Gasteiger partial charge on any atom is -0.455 e. The summed E-state index contributed by atoms with van der Waals surface area (Å²) >= 11 is 0. The molecule has 6 rings (SSSR count). The van der Waals surface area contributed by atoms with Crippen molar-refractivity contribution in [1.29, 1.82) is 5.26 Å². The molecule has 0 radical (unpaired) electrons. The highest BCUT2D eigenvalue weighted by atomic mass is 32.2. The number of anilines is 2. The van der Waals surface area contributed by atoms with Crippen LogP contribution in [0.4, 0.5) is 16.1 Å². The van der Waals surface area contributed by atoms with E-state index in [0.717, 1.165) is 24.7 Å². The fraction of sp³-hybridized carbons (Fsp3) is 0.258. The second kappa shape index (κ2) is 10.7. The largest absolute Gasteiger partial charge is 0.455 e. The van der Waals surface area contributed by atoms with E-state index in [1.807, 2.05) is 11.0 Å². The van der Waals surface area contributed by atoms with Crippen LogP contribution in [0.15, 0.2) is 63.4 Å². The van der Waals surface area contributed by atoms with Gasteiger partial charge in [-0.15, -0.1) is 0 Å². The quantitative estimate of drug-likeness (QED) is 0.274. The molecule has 12 heteroatoms. The number of oxazole rings is 1. The lowest BCUT2D eigenvalue weighted by molar-refractivity contribution is 0.0964. The van der Waals surface area contributed by atoms with E-state index in [1.165, 1.54) is 42.7 Å². The smallest absolute Gasteiger partial charge is 0.298 e. The first kappa shape index (κ1) is 28.2. The molecule has 2 aromatic heterocycles. The van der Waals surface area contributed by atoms with E-state index in [0.29, 0.717) is 58.0 Å².